The Bertz CT molecular complexity index is 796. The molecule has 1 amide bonds. The summed E-state index contributed by atoms with van der Waals surface area (Å²) in [7, 11) is 0. The Morgan fingerprint density at radius 3 is 3.04 bits per heavy atom. The predicted octanol–water partition coefficient (Wildman–Crippen LogP) is 2.39. The van der Waals surface area contributed by atoms with Gasteiger partial charge in [0.15, 0.2) is 0 Å². The smallest absolute Gasteiger partial charge is 0.270 e. The average Bonchev–Trinajstić information content (AvgIpc) is 3.19. The van der Waals surface area contributed by atoms with Gasteiger partial charge in [-0.3, -0.25) is 14.8 Å². The van der Waals surface area contributed by atoms with Gasteiger partial charge in [0, 0.05) is 43.2 Å². The lowest BCUT2D eigenvalue weighted by atomic mass is 9.93. The van der Waals surface area contributed by atoms with E-state index in [1.165, 1.54) is 5.56 Å². The molecular weight excluding hydrogens is 314 g/mol. The van der Waals surface area contributed by atoms with Crippen molar-refractivity contribution in [2.45, 2.75) is 25.4 Å². The number of benzene rings is 1. The first-order chi connectivity index (χ1) is 12.3. The number of ether oxygens (including phenoxy) is 1. The van der Waals surface area contributed by atoms with E-state index in [1.54, 1.807) is 6.20 Å². The van der Waals surface area contributed by atoms with E-state index >= 15 is 0 Å². The molecule has 3 heterocycles. The van der Waals surface area contributed by atoms with Crippen molar-refractivity contribution in [3.05, 3.63) is 53.9 Å². The van der Waals surface area contributed by atoms with E-state index in [1.807, 2.05) is 18.3 Å². The van der Waals surface area contributed by atoms with Crippen molar-refractivity contribution in [1.29, 1.82) is 0 Å². The summed E-state index contributed by atoms with van der Waals surface area (Å²) in [6, 6.07) is 10.2. The number of carbonyl (C=O) groups excluding carboxylic acids is 1. The molecule has 2 aliphatic heterocycles. The molecule has 0 radical (unpaired) electrons. The molecule has 0 saturated carbocycles. The van der Waals surface area contributed by atoms with Crippen LogP contribution in [0, 0.1) is 0 Å². The first kappa shape index (κ1) is 16.0. The van der Waals surface area contributed by atoms with Gasteiger partial charge in [-0.25, -0.2) is 0 Å². The van der Waals surface area contributed by atoms with Crippen molar-refractivity contribution < 1.29 is 9.53 Å². The zero-order valence-electron chi connectivity index (χ0n) is 14.1. The molecule has 0 bridgehead atoms. The fourth-order valence-corrected chi connectivity index (χ4v) is 3.39. The van der Waals surface area contributed by atoms with Crippen molar-refractivity contribution >= 4 is 11.6 Å². The number of nitrogens with zero attached hydrogens (tertiary/aromatic N) is 2. The number of fused-ring (bicyclic) bond motifs is 1. The van der Waals surface area contributed by atoms with Crippen LogP contribution in [-0.4, -0.2) is 42.4 Å². The number of carbonyl (C=O) groups is 1. The highest BCUT2D eigenvalue weighted by molar-refractivity contribution is 6.46. The minimum absolute atomic E-state index is 0.111. The summed E-state index contributed by atoms with van der Waals surface area (Å²) in [4.78, 5) is 21.3. The first-order valence-electron chi connectivity index (χ1n) is 8.79. The molecule has 2 aliphatic rings. The molecule has 1 unspecified atom stereocenters. The molecule has 1 saturated heterocycles. The Morgan fingerprint density at radius 1 is 1.28 bits per heavy atom. The zero-order chi connectivity index (χ0) is 17.1. The summed E-state index contributed by atoms with van der Waals surface area (Å²) in [5.74, 6) is -0.111. The van der Waals surface area contributed by atoms with Gasteiger partial charge in [0.2, 0.25) is 0 Å². The van der Waals surface area contributed by atoms with Crippen LogP contribution in [0.15, 0.2) is 47.7 Å². The Labute approximate surface area is 147 Å². The van der Waals surface area contributed by atoms with Gasteiger partial charge in [0.1, 0.15) is 5.71 Å². The van der Waals surface area contributed by atoms with E-state index in [0.717, 1.165) is 42.6 Å². The third kappa shape index (κ3) is 3.46. The third-order valence-electron chi connectivity index (χ3n) is 4.74. The number of pyridine rings is 1. The van der Waals surface area contributed by atoms with Gasteiger partial charge >= 0.3 is 0 Å². The van der Waals surface area contributed by atoms with Crippen molar-refractivity contribution in [2.24, 2.45) is 4.99 Å². The molecule has 5 heteroatoms. The number of hydrogen-bond acceptors (Lipinski definition) is 4. The van der Waals surface area contributed by atoms with Crippen molar-refractivity contribution in [3.8, 4) is 11.1 Å². The van der Waals surface area contributed by atoms with Gasteiger partial charge < -0.3 is 10.1 Å². The maximum Gasteiger partial charge on any atom is 0.270 e. The molecule has 1 atom stereocenters. The summed E-state index contributed by atoms with van der Waals surface area (Å²) in [5.41, 5.74) is 4.72. The van der Waals surface area contributed by atoms with Crippen LogP contribution in [-0.2, 0) is 16.0 Å². The van der Waals surface area contributed by atoms with Crippen molar-refractivity contribution in [2.75, 3.05) is 19.7 Å². The second kappa shape index (κ2) is 7.15. The Kier molecular flexibility index (Phi) is 4.57. The van der Waals surface area contributed by atoms with E-state index < -0.39 is 0 Å². The van der Waals surface area contributed by atoms with E-state index in [9.17, 15) is 4.79 Å². The number of rotatable bonds is 4. The van der Waals surface area contributed by atoms with E-state index in [-0.39, 0.29) is 12.0 Å². The van der Waals surface area contributed by atoms with Crippen LogP contribution in [0.4, 0.5) is 0 Å². The number of aliphatic imine (C=N–C) groups is 1. The van der Waals surface area contributed by atoms with E-state index in [0.29, 0.717) is 18.8 Å². The first-order valence-corrected chi connectivity index (χ1v) is 8.79. The highest BCUT2D eigenvalue weighted by atomic mass is 16.5. The molecule has 1 aromatic carbocycles. The molecule has 2 aromatic rings. The fourth-order valence-electron chi connectivity index (χ4n) is 3.39. The highest BCUT2D eigenvalue weighted by Gasteiger charge is 2.23. The molecule has 1 aromatic heterocycles. The van der Waals surface area contributed by atoms with Crippen molar-refractivity contribution in [1.82, 2.24) is 10.3 Å². The zero-order valence-corrected chi connectivity index (χ0v) is 14.1. The molecule has 0 spiro atoms. The summed E-state index contributed by atoms with van der Waals surface area (Å²) in [6.45, 7) is 2.00. The Balaban J connectivity index is 1.56. The average molecular weight is 335 g/mol. The number of hydrogen-bond donors (Lipinski definition) is 1. The number of aromatic nitrogens is 1. The number of nitrogens with one attached hydrogen (secondary N) is 1. The highest BCUT2D eigenvalue weighted by Crippen LogP contribution is 2.25. The maximum absolute atomic E-state index is 12.7. The monoisotopic (exact) mass is 335 g/mol. The van der Waals surface area contributed by atoms with Gasteiger partial charge in [-0.05, 0) is 42.5 Å². The second-order valence-corrected chi connectivity index (χ2v) is 6.44. The molecule has 25 heavy (non-hydrogen) atoms. The summed E-state index contributed by atoms with van der Waals surface area (Å²) < 4.78 is 5.58. The van der Waals surface area contributed by atoms with Gasteiger partial charge in [-0.1, -0.05) is 18.2 Å². The predicted molar refractivity (Wildman–Crippen MR) is 96.8 cm³/mol. The Hall–Kier alpha value is -2.53. The second-order valence-electron chi connectivity index (χ2n) is 6.44. The largest absolute Gasteiger partial charge is 0.376 e. The van der Waals surface area contributed by atoms with Crippen LogP contribution in [0.3, 0.4) is 0 Å². The van der Waals surface area contributed by atoms with Crippen molar-refractivity contribution in [3.63, 3.8) is 0 Å². The minimum atomic E-state index is -0.111. The Morgan fingerprint density at radius 2 is 2.24 bits per heavy atom. The van der Waals surface area contributed by atoms with E-state index in [4.69, 9.17) is 4.74 Å². The summed E-state index contributed by atoms with van der Waals surface area (Å²) in [5, 5.41) is 2.99. The SMILES string of the molecule is O=C(NCC1CCCO1)C1=NCCc2ccc(-c3cccnc3)cc21. The van der Waals surface area contributed by atoms with Gasteiger partial charge in [0.25, 0.3) is 5.91 Å². The maximum atomic E-state index is 12.7. The molecule has 5 nitrogen and oxygen atoms in total. The molecule has 1 fully saturated rings. The van der Waals surface area contributed by atoms with Crippen LogP contribution in [0.5, 0.6) is 0 Å². The van der Waals surface area contributed by atoms with Gasteiger partial charge in [0.05, 0.1) is 6.10 Å². The molecular formula is C20H21N3O2. The van der Waals surface area contributed by atoms with E-state index in [2.05, 4.69) is 33.5 Å². The van der Waals surface area contributed by atoms with Gasteiger partial charge in [-0.15, -0.1) is 0 Å². The molecule has 1 N–H and O–H groups in total. The van der Waals surface area contributed by atoms with Gasteiger partial charge in [-0.2, -0.15) is 0 Å². The number of amides is 1. The van der Waals surface area contributed by atoms with Crippen LogP contribution in [0.25, 0.3) is 11.1 Å². The lowest BCUT2D eigenvalue weighted by Crippen LogP contribution is -2.38. The quantitative estimate of drug-likeness (QED) is 0.933. The summed E-state index contributed by atoms with van der Waals surface area (Å²) in [6.07, 6.45) is 6.67. The normalized spacial score (nSPS) is 19.2. The summed E-state index contributed by atoms with van der Waals surface area (Å²) >= 11 is 0. The molecule has 4 rings (SSSR count). The molecule has 128 valence electrons. The van der Waals surface area contributed by atoms with Crippen LogP contribution in [0.2, 0.25) is 0 Å². The standard InChI is InChI=1S/C20H21N3O2/c24-20(23-13-17-4-2-10-25-17)19-18-11-15(16-3-1-8-21-12-16)6-5-14(18)7-9-22-19/h1,3,5-6,8,11-12,17H,2,4,7,9-10,13H2,(H,23,24). The minimum Gasteiger partial charge on any atom is -0.376 e. The lowest BCUT2D eigenvalue weighted by Gasteiger charge is -2.18. The van der Waals surface area contributed by atoms with Crippen LogP contribution >= 0.6 is 0 Å². The molecule has 0 aliphatic carbocycles. The van der Waals surface area contributed by atoms with Crippen LogP contribution < -0.4 is 5.32 Å². The van der Waals surface area contributed by atoms with Crippen LogP contribution in [0.1, 0.15) is 24.0 Å². The topological polar surface area (TPSA) is 63.6 Å². The lowest BCUT2D eigenvalue weighted by molar-refractivity contribution is -0.115. The third-order valence-corrected chi connectivity index (χ3v) is 4.74. The fraction of sp³-hybridized carbons (Fsp3) is 0.350.